The molecule has 0 spiro atoms. The van der Waals surface area contributed by atoms with Crippen molar-refractivity contribution in [1.82, 2.24) is 10.6 Å². The Kier molecular flexibility index (Phi) is 8.57. The molecular weight excluding hydrogens is 436 g/mol. The van der Waals surface area contributed by atoms with Crippen molar-refractivity contribution in [2.75, 3.05) is 13.1 Å². The normalized spacial score (nSPS) is 11.4. The quantitative estimate of drug-likeness (QED) is 0.567. The van der Waals surface area contributed by atoms with E-state index >= 15 is 0 Å². The molecule has 2 aromatic carbocycles. The van der Waals surface area contributed by atoms with E-state index < -0.39 is 23.4 Å². The number of rotatable bonds is 7. The molecule has 8 nitrogen and oxygen atoms in total. The Balaban J connectivity index is 1.92. The molecule has 2 N–H and O–H groups in total. The van der Waals surface area contributed by atoms with Gasteiger partial charge in [0, 0.05) is 11.1 Å². The second kappa shape index (κ2) is 11.0. The van der Waals surface area contributed by atoms with Gasteiger partial charge in [-0.1, -0.05) is 48.5 Å². The number of amides is 2. The summed E-state index contributed by atoms with van der Waals surface area (Å²) >= 11 is 0. The molecule has 0 atom stereocenters. The van der Waals surface area contributed by atoms with Crippen LogP contribution < -0.4 is 10.6 Å². The summed E-state index contributed by atoms with van der Waals surface area (Å²) in [6, 6.07) is 13.9. The minimum absolute atomic E-state index is 0.164. The van der Waals surface area contributed by atoms with Gasteiger partial charge in [-0.3, -0.25) is 9.59 Å². The van der Waals surface area contributed by atoms with Crippen molar-refractivity contribution in [2.24, 2.45) is 0 Å². The smallest absolute Gasteiger partial charge is 0.408 e. The molecule has 2 aromatic rings. The van der Waals surface area contributed by atoms with Crippen LogP contribution in [0, 0.1) is 0 Å². The number of carbonyl (C=O) groups excluding carboxylic acids is 4. The lowest BCUT2D eigenvalue weighted by atomic mass is 10.0. The van der Waals surface area contributed by atoms with Crippen molar-refractivity contribution in [2.45, 2.75) is 52.7 Å². The van der Waals surface area contributed by atoms with Gasteiger partial charge in [0.2, 0.25) is 0 Å². The maximum Gasteiger partial charge on any atom is 0.408 e. The number of ether oxygens (including phenoxy) is 2. The Morgan fingerprint density at radius 1 is 0.588 bits per heavy atom. The molecule has 2 rings (SSSR count). The molecule has 2 amide bonds. The Morgan fingerprint density at radius 2 is 0.882 bits per heavy atom. The molecule has 0 aliphatic heterocycles. The van der Waals surface area contributed by atoms with Gasteiger partial charge in [0.15, 0.2) is 11.6 Å². The van der Waals surface area contributed by atoms with Crippen molar-refractivity contribution in [1.29, 1.82) is 0 Å². The van der Waals surface area contributed by atoms with Gasteiger partial charge in [0.05, 0.1) is 13.1 Å². The summed E-state index contributed by atoms with van der Waals surface area (Å²) in [5, 5.41) is 4.90. The van der Waals surface area contributed by atoms with Crippen molar-refractivity contribution in [3.63, 3.8) is 0 Å². The molecule has 0 unspecified atom stereocenters. The maximum atomic E-state index is 12.3. The molecule has 0 heterocycles. The minimum Gasteiger partial charge on any atom is -0.444 e. The molecule has 8 heteroatoms. The molecule has 182 valence electrons. The molecule has 0 fully saturated rings. The lowest BCUT2D eigenvalue weighted by Gasteiger charge is -2.19. The first-order chi connectivity index (χ1) is 15.7. The molecule has 34 heavy (non-hydrogen) atoms. The Labute approximate surface area is 200 Å². The van der Waals surface area contributed by atoms with E-state index in [2.05, 4.69) is 10.6 Å². The van der Waals surface area contributed by atoms with Gasteiger partial charge in [-0.2, -0.15) is 0 Å². The zero-order valence-corrected chi connectivity index (χ0v) is 20.5. The Hall–Kier alpha value is -3.68. The van der Waals surface area contributed by atoms with Gasteiger partial charge in [-0.15, -0.1) is 0 Å². The summed E-state index contributed by atoms with van der Waals surface area (Å²) in [7, 11) is 0. The third-order valence-electron chi connectivity index (χ3n) is 4.33. The van der Waals surface area contributed by atoms with E-state index in [0.717, 1.165) is 11.1 Å². The van der Waals surface area contributed by atoms with Crippen LogP contribution in [0.4, 0.5) is 9.59 Å². The van der Waals surface area contributed by atoms with Crippen LogP contribution in [0.2, 0.25) is 0 Å². The van der Waals surface area contributed by atoms with E-state index in [1.54, 1.807) is 90.1 Å². The monoisotopic (exact) mass is 468 g/mol. The fourth-order valence-corrected chi connectivity index (χ4v) is 2.83. The number of ketones is 2. The van der Waals surface area contributed by atoms with E-state index in [0.29, 0.717) is 11.1 Å². The fourth-order valence-electron chi connectivity index (χ4n) is 2.83. The zero-order valence-electron chi connectivity index (χ0n) is 20.5. The molecular formula is C26H32N2O6. The summed E-state index contributed by atoms with van der Waals surface area (Å²) in [5.41, 5.74) is 1.37. The summed E-state index contributed by atoms with van der Waals surface area (Å²) in [4.78, 5) is 48.0. The highest BCUT2D eigenvalue weighted by molar-refractivity contribution is 6.00. The van der Waals surface area contributed by atoms with Crippen molar-refractivity contribution < 1.29 is 28.7 Å². The molecule has 0 saturated carbocycles. The third kappa shape index (κ3) is 9.05. The predicted octanol–water partition coefficient (Wildman–Crippen LogP) is 4.77. The number of alkyl carbamates (subject to hydrolysis) is 2. The van der Waals surface area contributed by atoms with Crippen LogP contribution in [0.25, 0.3) is 11.1 Å². The molecule has 0 aliphatic carbocycles. The first kappa shape index (κ1) is 26.6. The van der Waals surface area contributed by atoms with Crippen LogP contribution in [0.1, 0.15) is 62.3 Å². The van der Waals surface area contributed by atoms with Gasteiger partial charge < -0.3 is 20.1 Å². The van der Waals surface area contributed by atoms with Crippen LogP contribution in [-0.2, 0) is 9.47 Å². The number of nitrogens with one attached hydrogen (secondary N) is 2. The van der Waals surface area contributed by atoms with Gasteiger partial charge >= 0.3 is 12.2 Å². The Bertz CT molecular complexity index is 943. The number of hydrogen-bond acceptors (Lipinski definition) is 6. The van der Waals surface area contributed by atoms with E-state index in [4.69, 9.17) is 9.47 Å². The summed E-state index contributed by atoms with van der Waals surface area (Å²) in [6.07, 6.45) is -1.29. The van der Waals surface area contributed by atoms with Crippen molar-refractivity contribution in [3.05, 3.63) is 59.7 Å². The largest absolute Gasteiger partial charge is 0.444 e. The van der Waals surface area contributed by atoms with Crippen molar-refractivity contribution in [3.8, 4) is 11.1 Å². The predicted molar refractivity (Wildman–Crippen MR) is 129 cm³/mol. The number of hydrogen-bond donors (Lipinski definition) is 2. The average molecular weight is 469 g/mol. The van der Waals surface area contributed by atoms with Crippen LogP contribution in [0.3, 0.4) is 0 Å². The van der Waals surface area contributed by atoms with Crippen LogP contribution in [0.5, 0.6) is 0 Å². The average Bonchev–Trinajstić information content (AvgIpc) is 2.73. The minimum atomic E-state index is -0.645. The third-order valence-corrected chi connectivity index (χ3v) is 4.33. The van der Waals surface area contributed by atoms with Crippen LogP contribution in [-0.4, -0.2) is 48.0 Å². The van der Waals surface area contributed by atoms with Crippen LogP contribution in [0.15, 0.2) is 48.5 Å². The second-order valence-electron chi connectivity index (χ2n) is 9.71. The highest BCUT2D eigenvalue weighted by Gasteiger charge is 2.18. The SMILES string of the molecule is CC(C)(C)OC(=O)NCC(=O)c1ccc(-c2ccc(C(=O)CNC(=O)OC(C)(C)C)cc2)cc1. The van der Waals surface area contributed by atoms with Crippen LogP contribution >= 0.6 is 0 Å². The molecule has 0 aromatic heterocycles. The first-order valence-electron chi connectivity index (χ1n) is 10.9. The number of carbonyl (C=O) groups is 4. The maximum absolute atomic E-state index is 12.3. The fraction of sp³-hybridized carbons (Fsp3) is 0.385. The molecule has 0 radical (unpaired) electrons. The van der Waals surface area contributed by atoms with E-state index in [1.807, 2.05) is 0 Å². The molecule has 0 bridgehead atoms. The number of benzene rings is 2. The van der Waals surface area contributed by atoms with Crippen molar-refractivity contribution >= 4 is 23.8 Å². The summed E-state index contributed by atoms with van der Waals surface area (Å²) < 4.78 is 10.2. The zero-order chi connectivity index (χ0) is 25.5. The Morgan fingerprint density at radius 3 is 1.15 bits per heavy atom. The van der Waals surface area contributed by atoms with E-state index in [1.165, 1.54) is 0 Å². The van der Waals surface area contributed by atoms with E-state index in [9.17, 15) is 19.2 Å². The lowest BCUT2D eigenvalue weighted by molar-refractivity contribution is 0.0512. The van der Waals surface area contributed by atoms with Gasteiger partial charge in [-0.25, -0.2) is 9.59 Å². The van der Waals surface area contributed by atoms with E-state index in [-0.39, 0.29) is 24.7 Å². The molecule has 0 aliphatic rings. The van der Waals surface area contributed by atoms with Gasteiger partial charge in [0.1, 0.15) is 11.2 Å². The number of Topliss-reactive ketones (excluding diaryl/α,β-unsaturated/α-hetero) is 2. The summed E-state index contributed by atoms with van der Waals surface area (Å²) in [5.74, 6) is -0.480. The van der Waals surface area contributed by atoms with Gasteiger partial charge in [0.25, 0.3) is 0 Å². The summed E-state index contributed by atoms with van der Waals surface area (Å²) in [6.45, 7) is 10.2. The topological polar surface area (TPSA) is 111 Å². The highest BCUT2D eigenvalue weighted by atomic mass is 16.6. The standard InChI is InChI=1S/C26H32N2O6/c1-25(2,3)33-23(31)27-15-21(29)19-11-7-17(8-12-19)18-9-13-20(14-10-18)22(30)16-28-24(32)34-26(4,5)6/h7-14H,15-16H2,1-6H3,(H,27,31)(H,28,32). The first-order valence-corrected chi connectivity index (χ1v) is 10.9. The highest BCUT2D eigenvalue weighted by Crippen LogP contribution is 2.21. The van der Waals surface area contributed by atoms with Gasteiger partial charge in [-0.05, 0) is 52.7 Å². The second-order valence-corrected chi connectivity index (χ2v) is 9.71. The lowest BCUT2D eigenvalue weighted by Crippen LogP contribution is -2.35. The molecule has 0 saturated heterocycles.